The predicted molar refractivity (Wildman–Crippen MR) is 121 cm³/mol. The van der Waals surface area contributed by atoms with Gasteiger partial charge in [0, 0.05) is 36.7 Å². The molecule has 2 heterocycles. The molecule has 1 N–H and O–H groups in total. The number of nitriles is 1. The van der Waals surface area contributed by atoms with Crippen molar-refractivity contribution >= 4 is 34.2 Å². The smallest absolute Gasteiger partial charge is 0.271 e. The first-order chi connectivity index (χ1) is 14.5. The van der Waals surface area contributed by atoms with Crippen molar-refractivity contribution in [2.45, 2.75) is 52.9 Å². The zero-order valence-corrected chi connectivity index (χ0v) is 18.9. The van der Waals surface area contributed by atoms with Gasteiger partial charge in [-0.1, -0.05) is 26.7 Å². The Bertz CT molecular complexity index is 855. The van der Waals surface area contributed by atoms with Gasteiger partial charge in [0.15, 0.2) is 0 Å². The minimum Gasteiger partial charge on any atom is -0.396 e. The average Bonchev–Trinajstić information content (AvgIpc) is 3.20. The van der Waals surface area contributed by atoms with Crippen LogP contribution < -0.4 is 4.90 Å². The third-order valence-corrected chi connectivity index (χ3v) is 6.23. The van der Waals surface area contributed by atoms with E-state index < -0.39 is 11.8 Å². The summed E-state index contributed by atoms with van der Waals surface area (Å²) in [6, 6.07) is 6.01. The van der Waals surface area contributed by atoms with Gasteiger partial charge in [-0.25, -0.2) is 0 Å². The van der Waals surface area contributed by atoms with E-state index in [2.05, 4.69) is 24.8 Å². The molecule has 1 aromatic rings. The Morgan fingerprint density at radius 2 is 1.80 bits per heavy atom. The number of aliphatic hydroxyl groups excluding tert-OH is 1. The summed E-state index contributed by atoms with van der Waals surface area (Å²) in [7, 11) is 0. The number of anilines is 1. The molecule has 0 saturated heterocycles. The number of amides is 2. The van der Waals surface area contributed by atoms with Crippen LogP contribution in [0.3, 0.4) is 0 Å². The van der Waals surface area contributed by atoms with Gasteiger partial charge in [0.1, 0.15) is 11.6 Å². The first-order valence-corrected chi connectivity index (χ1v) is 11.4. The number of hydrogen-bond donors (Lipinski definition) is 1. The second-order valence-corrected chi connectivity index (χ2v) is 8.47. The van der Waals surface area contributed by atoms with E-state index in [-0.39, 0.29) is 25.1 Å². The van der Waals surface area contributed by atoms with Crippen LogP contribution in [0.2, 0.25) is 0 Å². The van der Waals surface area contributed by atoms with Crippen LogP contribution in [0.1, 0.15) is 57.8 Å². The van der Waals surface area contributed by atoms with Crippen molar-refractivity contribution in [2.24, 2.45) is 0 Å². The Hall–Kier alpha value is -2.43. The van der Waals surface area contributed by atoms with Crippen LogP contribution in [-0.2, 0) is 9.59 Å². The summed E-state index contributed by atoms with van der Waals surface area (Å²) in [5, 5.41) is 19.7. The van der Waals surface area contributed by atoms with Crippen LogP contribution >= 0.6 is 11.3 Å². The Kier molecular flexibility index (Phi) is 9.28. The van der Waals surface area contributed by atoms with E-state index in [0.29, 0.717) is 11.1 Å². The van der Waals surface area contributed by atoms with E-state index >= 15 is 0 Å². The monoisotopic (exact) mass is 429 g/mol. The lowest BCUT2D eigenvalue weighted by molar-refractivity contribution is -0.140. The molecule has 6 nitrogen and oxygen atoms in total. The van der Waals surface area contributed by atoms with Crippen molar-refractivity contribution in [1.29, 1.82) is 5.26 Å². The van der Waals surface area contributed by atoms with E-state index in [9.17, 15) is 14.9 Å². The van der Waals surface area contributed by atoms with Gasteiger partial charge in [-0.15, -0.1) is 11.3 Å². The molecule has 0 saturated carbocycles. The molecule has 0 spiro atoms. The summed E-state index contributed by atoms with van der Waals surface area (Å²) in [5.41, 5.74) is 0.769. The Balaban J connectivity index is 2.36. The maximum absolute atomic E-state index is 12.9. The van der Waals surface area contributed by atoms with Gasteiger partial charge in [0.25, 0.3) is 11.8 Å². The standard InChI is InChI=1S/C23H31N3O3S/c1-4-6-11-25(12-7-5-2)21-10-9-18(30-21)15-19-17(3)20(16-24)23(29)26(22(19)28)13-8-14-27/h9-10,15,27H,4-8,11-14H2,1-3H3/b19-15-. The van der Waals surface area contributed by atoms with Crippen molar-refractivity contribution in [3.8, 4) is 6.07 Å². The van der Waals surface area contributed by atoms with E-state index in [0.717, 1.165) is 48.5 Å². The van der Waals surface area contributed by atoms with Crippen molar-refractivity contribution < 1.29 is 14.7 Å². The molecule has 0 aliphatic carbocycles. The van der Waals surface area contributed by atoms with Crippen molar-refractivity contribution in [3.05, 3.63) is 33.7 Å². The first-order valence-electron chi connectivity index (χ1n) is 10.6. The molecule has 162 valence electrons. The normalized spacial score (nSPS) is 15.8. The first kappa shape index (κ1) is 23.8. The summed E-state index contributed by atoms with van der Waals surface area (Å²) in [4.78, 5) is 29.8. The number of carbonyl (C=O) groups is 2. The molecular weight excluding hydrogens is 398 g/mol. The van der Waals surface area contributed by atoms with Crippen molar-refractivity contribution in [1.82, 2.24) is 4.90 Å². The molecular formula is C23H31N3O3S. The number of nitrogens with zero attached hydrogens (tertiary/aromatic N) is 3. The number of imide groups is 1. The number of aliphatic hydroxyl groups is 1. The summed E-state index contributed by atoms with van der Waals surface area (Å²) in [6.07, 6.45) is 6.60. The maximum atomic E-state index is 12.9. The number of unbranched alkanes of at least 4 members (excludes halogenated alkanes) is 2. The Morgan fingerprint density at radius 1 is 1.13 bits per heavy atom. The van der Waals surface area contributed by atoms with Gasteiger partial charge < -0.3 is 10.0 Å². The maximum Gasteiger partial charge on any atom is 0.271 e. The molecule has 0 aromatic carbocycles. The van der Waals surface area contributed by atoms with Crippen LogP contribution in [-0.4, -0.2) is 48.1 Å². The zero-order valence-electron chi connectivity index (χ0n) is 18.1. The molecule has 1 aliphatic heterocycles. The lowest BCUT2D eigenvalue weighted by Gasteiger charge is -2.27. The van der Waals surface area contributed by atoms with Gasteiger partial charge >= 0.3 is 0 Å². The highest BCUT2D eigenvalue weighted by molar-refractivity contribution is 7.17. The van der Waals surface area contributed by atoms with E-state index in [1.807, 2.05) is 12.1 Å². The van der Waals surface area contributed by atoms with E-state index in [1.54, 1.807) is 24.3 Å². The van der Waals surface area contributed by atoms with Gasteiger partial charge in [-0.3, -0.25) is 14.5 Å². The van der Waals surface area contributed by atoms with Crippen LogP contribution in [0.15, 0.2) is 28.9 Å². The van der Waals surface area contributed by atoms with Crippen molar-refractivity contribution in [2.75, 3.05) is 31.1 Å². The molecule has 2 amide bonds. The zero-order chi connectivity index (χ0) is 22.1. The highest BCUT2D eigenvalue weighted by Crippen LogP contribution is 2.32. The SMILES string of the molecule is CCCCN(CCCC)c1ccc(/C=C2\C(=O)N(CCCO)C(=O)C(C#N)=C2C)s1. The number of thiophene rings is 1. The Morgan fingerprint density at radius 3 is 2.37 bits per heavy atom. The summed E-state index contributed by atoms with van der Waals surface area (Å²) >= 11 is 1.62. The van der Waals surface area contributed by atoms with Gasteiger partial charge in [-0.05, 0) is 50.0 Å². The summed E-state index contributed by atoms with van der Waals surface area (Å²) < 4.78 is 0. The van der Waals surface area contributed by atoms with Gasteiger partial charge in [0.2, 0.25) is 0 Å². The molecule has 0 atom stereocenters. The number of rotatable bonds is 11. The second kappa shape index (κ2) is 11.7. The summed E-state index contributed by atoms with van der Waals surface area (Å²) in [6.45, 7) is 8.00. The minimum absolute atomic E-state index is 0.0110. The second-order valence-electron chi connectivity index (χ2n) is 7.38. The van der Waals surface area contributed by atoms with Gasteiger partial charge in [0.05, 0.1) is 5.00 Å². The highest BCUT2D eigenvalue weighted by atomic mass is 32.1. The fourth-order valence-corrected chi connectivity index (χ4v) is 4.33. The summed E-state index contributed by atoms with van der Waals surface area (Å²) in [5.74, 6) is -0.989. The lowest BCUT2D eigenvalue weighted by atomic mass is 9.94. The van der Waals surface area contributed by atoms with Gasteiger partial charge in [-0.2, -0.15) is 5.26 Å². The molecule has 0 radical (unpaired) electrons. The molecule has 7 heteroatoms. The van der Waals surface area contributed by atoms with Crippen LogP contribution in [0.4, 0.5) is 5.00 Å². The minimum atomic E-state index is -0.581. The number of carbonyl (C=O) groups excluding carboxylic acids is 2. The largest absolute Gasteiger partial charge is 0.396 e. The third kappa shape index (κ3) is 5.59. The fraction of sp³-hybridized carbons (Fsp3) is 0.522. The van der Waals surface area contributed by atoms with Crippen LogP contribution in [0, 0.1) is 11.3 Å². The fourth-order valence-electron chi connectivity index (χ4n) is 3.32. The topological polar surface area (TPSA) is 84.6 Å². The molecule has 0 unspecified atom stereocenters. The molecule has 1 aromatic heterocycles. The van der Waals surface area contributed by atoms with Crippen LogP contribution in [0.25, 0.3) is 6.08 Å². The Labute approximate surface area is 183 Å². The molecule has 2 rings (SSSR count). The molecule has 0 fully saturated rings. The lowest BCUT2D eigenvalue weighted by Crippen LogP contribution is -2.43. The number of hydrogen-bond acceptors (Lipinski definition) is 6. The van der Waals surface area contributed by atoms with E-state index in [1.165, 1.54) is 5.00 Å². The van der Waals surface area contributed by atoms with Crippen molar-refractivity contribution in [3.63, 3.8) is 0 Å². The van der Waals surface area contributed by atoms with E-state index in [4.69, 9.17) is 5.11 Å². The third-order valence-electron chi connectivity index (χ3n) is 5.14. The predicted octanol–water partition coefficient (Wildman–Crippen LogP) is 4.13. The van der Waals surface area contributed by atoms with Crippen LogP contribution in [0.5, 0.6) is 0 Å². The quantitative estimate of drug-likeness (QED) is 0.422. The molecule has 1 aliphatic rings. The molecule has 30 heavy (non-hydrogen) atoms. The highest BCUT2D eigenvalue weighted by Gasteiger charge is 2.35. The molecule has 0 bridgehead atoms. The average molecular weight is 430 g/mol.